The van der Waals surface area contributed by atoms with Crippen molar-refractivity contribution in [2.45, 2.75) is 18.1 Å². The lowest BCUT2D eigenvalue weighted by Gasteiger charge is -2.15. The third kappa shape index (κ3) is 3.02. The first-order chi connectivity index (χ1) is 8.47. The highest BCUT2D eigenvalue weighted by Gasteiger charge is 2.35. The molecule has 0 saturated carbocycles. The summed E-state index contributed by atoms with van der Waals surface area (Å²) in [6, 6.07) is 0. The van der Waals surface area contributed by atoms with Gasteiger partial charge in [0.25, 0.3) is 0 Å². The molecule has 0 spiro atoms. The molecule has 0 aromatic carbocycles. The van der Waals surface area contributed by atoms with Gasteiger partial charge in [0.2, 0.25) is 15.9 Å². The largest absolute Gasteiger partial charge is 0.341 e. The van der Waals surface area contributed by atoms with E-state index in [1.54, 1.807) is 18.6 Å². The van der Waals surface area contributed by atoms with Crippen LogP contribution in [0.2, 0.25) is 0 Å². The maximum absolute atomic E-state index is 11.6. The molecule has 2 rings (SSSR count). The van der Waals surface area contributed by atoms with Crippen LogP contribution in [0.5, 0.6) is 0 Å². The second kappa shape index (κ2) is 4.99. The third-order valence-electron chi connectivity index (χ3n) is 2.90. The summed E-state index contributed by atoms with van der Waals surface area (Å²) in [4.78, 5) is 21.1. The van der Waals surface area contributed by atoms with Crippen LogP contribution in [0.1, 0.15) is 12.1 Å². The number of carbonyl (C=O) groups excluding carboxylic acids is 1. The Kier molecular flexibility index (Phi) is 3.58. The molecule has 1 saturated heterocycles. The predicted molar refractivity (Wildman–Crippen MR) is 63.8 cm³/mol. The lowest BCUT2D eigenvalue weighted by molar-refractivity contribution is -0.127. The molecule has 0 aliphatic carbocycles. The fourth-order valence-corrected chi connectivity index (χ4v) is 2.64. The van der Waals surface area contributed by atoms with Gasteiger partial charge in [-0.2, -0.15) is 0 Å². The minimum absolute atomic E-state index is 0.0285. The average molecular weight is 270 g/mol. The van der Waals surface area contributed by atoms with E-state index in [0.29, 0.717) is 13.0 Å². The number of hydrogen-bond acceptors (Lipinski definition) is 5. The Morgan fingerprint density at radius 1 is 1.44 bits per heavy atom. The molecule has 98 valence electrons. The van der Waals surface area contributed by atoms with Crippen molar-refractivity contribution in [2.75, 3.05) is 13.1 Å². The Morgan fingerprint density at radius 2 is 2.22 bits per heavy atom. The maximum Gasteiger partial charge on any atom is 0.224 e. The van der Waals surface area contributed by atoms with Gasteiger partial charge in [0.15, 0.2) is 0 Å². The number of amides is 1. The number of carbonyl (C=O) groups is 1. The van der Waals surface area contributed by atoms with Crippen molar-refractivity contribution in [1.29, 1.82) is 0 Å². The summed E-state index contributed by atoms with van der Waals surface area (Å²) in [7, 11) is -3.64. The minimum Gasteiger partial charge on any atom is -0.341 e. The van der Waals surface area contributed by atoms with E-state index in [2.05, 4.69) is 9.97 Å². The zero-order valence-corrected chi connectivity index (χ0v) is 10.5. The summed E-state index contributed by atoms with van der Waals surface area (Å²) in [5, 5.41) is 4.26. The van der Waals surface area contributed by atoms with E-state index >= 15 is 0 Å². The first-order valence-electron chi connectivity index (χ1n) is 5.51. The lowest BCUT2D eigenvalue weighted by Crippen LogP contribution is -2.33. The van der Waals surface area contributed by atoms with Crippen LogP contribution in [-0.2, 0) is 21.2 Å². The smallest absolute Gasteiger partial charge is 0.224 e. The van der Waals surface area contributed by atoms with Crippen LogP contribution in [0.15, 0.2) is 18.6 Å². The molecule has 1 amide bonds. The van der Waals surface area contributed by atoms with Crippen LogP contribution in [0.25, 0.3) is 0 Å². The first kappa shape index (κ1) is 12.9. The van der Waals surface area contributed by atoms with Gasteiger partial charge < -0.3 is 4.90 Å². The molecule has 1 unspecified atom stereocenters. The highest BCUT2D eigenvalue weighted by molar-refractivity contribution is 7.89. The van der Waals surface area contributed by atoms with E-state index in [4.69, 9.17) is 5.14 Å². The average Bonchev–Trinajstić information content (AvgIpc) is 2.69. The molecule has 1 atom stereocenters. The number of aromatic nitrogens is 2. The number of nitrogens with two attached hydrogens (primary N) is 1. The minimum atomic E-state index is -3.64. The molecule has 18 heavy (non-hydrogen) atoms. The van der Waals surface area contributed by atoms with Crippen molar-refractivity contribution in [1.82, 2.24) is 14.9 Å². The highest BCUT2D eigenvalue weighted by atomic mass is 32.2. The Balaban J connectivity index is 1.94. The molecule has 1 aliphatic rings. The SMILES string of the molecule is NS(=O)(=O)C1CC(=O)N(CCc2cnccn2)C1. The van der Waals surface area contributed by atoms with Crippen molar-refractivity contribution in [3.05, 3.63) is 24.3 Å². The number of likely N-dealkylation sites (tertiary alicyclic amines) is 1. The monoisotopic (exact) mass is 270 g/mol. The second-order valence-corrected chi connectivity index (χ2v) is 6.05. The summed E-state index contributed by atoms with van der Waals surface area (Å²) >= 11 is 0. The van der Waals surface area contributed by atoms with Gasteiger partial charge in [-0.15, -0.1) is 0 Å². The summed E-state index contributed by atoms with van der Waals surface area (Å²) in [5.74, 6) is -0.182. The summed E-state index contributed by atoms with van der Waals surface area (Å²) in [6.07, 6.45) is 5.30. The number of sulfonamides is 1. The molecule has 2 heterocycles. The van der Waals surface area contributed by atoms with Crippen LogP contribution < -0.4 is 5.14 Å². The summed E-state index contributed by atoms with van der Waals surface area (Å²) < 4.78 is 22.4. The molecule has 0 bridgehead atoms. The van der Waals surface area contributed by atoms with Gasteiger partial charge in [0, 0.05) is 44.5 Å². The fourth-order valence-electron chi connectivity index (χ4n) is 1.88. The van der Waals surface area contributed by atoms with Gasteiger partial charge in [-0.25, -0.2) is 13.6 Å². The van der Waals surface area contributed by atoms with Crippen molar-refractivity contribution in [3.8, 4) is 0 Å². The fraction of sp³-hybridized carbons (Fsp3) is 0.500. The first-order valence-corrected chi connectivity index (χ1v) is 7.12. The summed E-state index contributed by atoms with van der Waals surface area (Å²) in [5.41, 5.74) is 0.768. The Hall–Kier alpha value is -1.54. The second-order valence-electron chi connectivity index (χ2n) is 4.20. The number of nitrogens with zero attached hydrogens (tertiary/aromatic N) is 3. The third-order valence-corrected chi connectivity index (χ3v) is 4.14. The van der Waals surface area contributed by atoms with Crippen molar-refractivity contribution in [3.63, 3.8) is 0 Å². The summed E-state index contributed by atoms with van der Waals surface area (Å²) in [6.45, 7) is 0.599. The van der Waals surface area contributed by atoms with E-state index in [9.17, 15) is 13.2 Å². The molecule has 1 aromatic heterocycles. The molecular formula is C10H14N4O3S. The van der Waals surface area contributed by atoms with Gasteiger partial charge in [-0.1, -0.05) is 0 Å². The molecule has 1 aliphatic heterocycles. The molecule has 1 aromatic rings. The molecule has 0 radical (unpaired) electrons. The number of rotatable bonds is 4. The van der Waals surface area contributed by atoms with E-state index in [1.165, 1.54) is 4.90 Å². The Bertz CT molecular complexity index is 531. The van der Waals surface area contributed by atoms with Gasteiger partial charge in [-0.3, -0.25) is 14.8 Å². The van der Waals surface area contributed by atoms with Crippen LogP contribution in [0.3, 0.4) is 0 Å². The van der Waals surface area contributed by atoms with E-state index in [0.717, 1.165) is 5.69 Å². The van der Waals surface area contributed by atoms with E-state index in [1.807, 2.05) is 0 Å². The van der Waals surface area contributed by atoms with Gasteiger partial charge >= 0.3 is 0 Å². The Morgan fingerprint density at radius 3 is 2.78 bits per heavy atom. The molecule has 2 N–H and O–H groups in total. The van der Waals surface area contributed by atoms with Gasteiger partial charge in [0.05, 0.1) is 5.69 Å². The van der Waals surface area contributed by atoms with Crippen molar-refractivity contribution in [2.24, 2.45) is 5.14 Å². The van der Waals surface area contributed by atoms with Crippen LogP contribution in [-0.4, -0.2) is 47.5 Å². The molecule has 1 fully saturated rings. The van der Waals surface area contributed by atoms with Crippen LogP contribution in [0, 0.1) is 0 Å². The Labute approximate surface area is 105 Å². The molecule has 7 nitrogen and oxygen atoms in total. The predicted octanol–water partition coefficient (Wildman–Crippen LogP) is -1.09. The van der Waals surface area contributed by atoms with Crippen molar-refractivity contribution < 1.29 is 13.2 Å². The van der Waals surface area contributed by atoms with Gasteiger partial charge in [-0.05, 0) is 0 Å². The topological polar surface area (TPSA) is 106 Å². The molecule has 8 heteroatoms. The zero-order chi connectivity index (χ0) is 13.2. The van der Waals surface area contributed by atoms with Gasteiger partial charge in [0.1, 0.15) is 5.25 Å². The number of primary sulfonamides is 1. The van der Waals surface area contributed by atoms with Crippen LogP contribution >= 0.6 is 0 Å². The number of hydrogen-bond donors (Lipinski definition) is 1. The quantitative estimate of drug-likeness (QED) is 0.748. The van der Waals surface area contributed by atoms with Crippen molar-refractivity contribution >= 4 is 15.9 Å². The highest BCUT2D eigenvalue weighted by Crippen LogP contribution is 2.16. The maximum atomic E-state index is 11.6. The zero-order valence-electron chi connectivity index (χ0n) is 9.69. The van der Waals surface area contributed by atoms with E-state index < -0.39 is 15.3 Å². The van der Waals surface area contributed by atoms with Crippen LogP contribution in [0.4, 0.5) is 0 Å². The standard InChI is InChI=1S/C10H14N4O3S/c11-18(16,17)9-5-10(15)14(7-9)4-1-8-6-12-2-3-13-8/h2-3,6,9H,1,4-5,7H2,(H2,11,16,17). The molecular weight excluding hydrogens is 256 g/mol. The van der Waals surface area contributed by atoms with E-state index in [-0.39, 0.29) is 18.9 Å². The normalized spacial score (nSPS) is 20.4. The lowest BCUT2D eigenvalue weighted by atomic mass is 10.3.